The molecule has 0 saturated carbocycles. The highest BCUT2D eigenvalue weighted by Crippen LogP contribution is 2.28. The first kappa shape index (κ1) is 20.5. The molecule has 28 heavy (non-hydrogen) atoms. The van der Waals surface area contributed by atoms with Gasteiger partial charge in [0.1, 0.15) is 11.4 Å². The minimum absolute atomic E-state index is 0.358. The summed E-state index contributed by atoms with van der Waals surface area (Å²) in [5.41, 5.74) is 1.97. The predicted molar refractivity (Wildman–Crippen MR) is 113 cm³/mol. The van der Waals surface area contributed by atoms with Crippen LogP contribution in [0.4, 0.5) is 11.4 Å². The Labute approximate surface area is 171 Å². The smallest absolute Gasteiger partial charge is 0.256 e. The molecule has 1 aromatic heterocycles. The molecule has 0 amide bonds. The van der Waals surface area contributed by atoms with Gasteiger partial charge in [0, 0.05) is 38.8 Å². The van der Waals surface area contributed by atoms with E-state index < -0.39 is 0 Å². The van der Waals surface area contributed by atoms with Crippen LogP contribution in [0.1, 0.15) is 12.8 Å². The van der Waals surface area contributed by atoms with E-state index in [0.717, 1.165) is 63.5 Å². The summed E-state index contributed by atoms with van der Waals surface area (Å²) in [6.45, 7) is 6.15. The van der Waals surface area contributed by atoms with Gasteiger partial charge in [-0.1, -0.05) is 23.7 Å². The van der Waals surface area contributed by atoms with Crippen molar-refractivity contribution in [3.63, 3.8) is 0 Å². The first-order chi connectivity index (χ1) is 13.7. The summed E-state index contributed by atoms with van der Waals surface area (Å²) in [5, 5.41) is 11.4. The molecule has 0 spiro atoms. The molecule has 7 nitrogen and oxygen atoms in total. The van der Waals surface area contributed by atoms with Crippen LogP contribution < -0.4 is 19.7 Å². The minimum atomic E-state index is 0.358. The Morgan fingerprint density at radius 3 is 2.57 bits per heavy atom. The van der Waals surface area contributed by atoms with Crippen molar-refractivity contribution in [3.05, 3.63) is 35.5 Å². The van der Waals surface area contributed by atoms with Crippen molar-refractivity contribution in [2.24, 2.45) is 0 Å². The number of rotatable bonds is 9. The van der Waals surface area contributed by atoms with Crippen LogP contribution in [0.25, 0.3) is 0 Å². The number of nitrogens with zero attached hydrogens (tertiary/aromatic N) is 4. The molecule has 1 fully saturated rings. The molecule has 1 aliphatic heterocycles. The zero-order valence-electron chi connectivity index (χ0n) is 16.5. The molecule has 152 valence electrons. The molecular formula is C20H28ClN5O2. The number of unbranched alkanes of at least 4 members (excludes halogenated alkanes) is 1. The van der Waals surface area contributed by atoms with Crippen LogP contribution in [0.2, 0.25) is 5.15 Å². The monoisotopic (exact) mass is 405 g/mol. The lowest BCUT2D eigenvalue weighted by molar-refractivity contribution is 0.253. The first-order valence-corrected chi connectivity index (χ1v) is 10.0. The van der Waals surface area contributed by atoms with Crippen molar-refractivity contribution in [2.75, 3.05) is 63.7 Å². The van der Waals surface area contributed by atoms with Crippen LogP contribution in [0.15, 0.2) is 30.3 Å². The number of methoxy groups -OCH3 is 2. The van der Waals surface area contributed by atoms with Crippen molar-refractivity contribution < 1.29 is 9.47 Å². The summed E-state index contributed by atoms with van der Waals surface area (Å²) in [5.74, 6) is 1.42. The van der Waals surface area contributed by atoms with Gasteiger partial charge in [-0.25, -0.2) is 0 Å². The van der Waals surface area contributed by atoms with Crippen molar-refractivity contribution in [1.82, 2.24) is 15.1 Å². The molecular weight excluding hydrogens is 378 g/mol. The van der Waals surface area contributed by atoms with Crippen LogP contribution in [0.3, 0.4) is 0 Å². The number of nitrogens with one attached hydrogen (secondary N) is 1. The van der Waals surface area contributed by atoms with E-state index in [1.54, 1.807) is 20.3 Å². The Balaban J connectivity index is 1.37. The summed E-state index contributed by atoms with van der Waals surface area (Å²) < 4.78 is 10.7. The highest BCUT2D eigenvalue weighted by Gasteiger charge is 2.19. The van der Waals surface area contributed by atoms with Gasteiger partial charge in [0.15, 0.2) is 5.15 Å². The van der Waals surface area contributed by atoms with Crippen molar-refractivity contribution in [1.29, 1.82) is 0 Å². The average molecular weight is 406 g/mol. The molecule has 2 aromatic rings. The van der Waals surface area contributed by atoms with E-state index in [1.165, 1.54) is 5.69 Å². The minimum Gasteiger partial charge on any atom is -0.495 e. The quantitative estimate of drug-likeness (QED) is 0.643. The second-order valence-electron chi connectivity index (χ2n) is 6.72. The molecule has 1 saturated heterocycles. The molecule has 1 N–H and O–H groups in total. The van der Waals surface area contributed by atoms with Crippen molar-refractivity contribution in [3.8, 4) is 11.6 Å². The van der Waals surface area contributed by atoms with Crippen LogP contribution >= 0.6 is 11.6 Å². The summed E-state index contributed by atoms with van der Waals surface area (Å²) in [6, 6.07) is 9.98. The molecule has 2 heterocycles. The SMILES string of the molecule is COc1ccccc1N1CCN(CCCCNc2cc(Cl)nnc2OC)CC1. The van der Waals surface area contributed by atoms with Gasteiger partial charge in [0.25, 0.3) is 5.88 Å². The fourth-order valence-electron chi connectivity index (χ4n) is 3.42. The van der Waals surface area contributed by atoms with Gasteiger partial charge < -0.3 is 19.7 Å². The normalized spacial score (nSPS) is 14.8. The number of halogens is 1. The standard InChI is InChI=1S/C20H28ClN5O2/c1-27-18-8-4-3-7-17(18)26-13-11-25(12-14-26)10-6-5-9-22-16-15-19(21)23-24-20(16)28-2/h3-4,7-8,15H,5-6,9-14H2,1-2H3,(H,22,23). The van der Waals surface area contributed by atoms with Gasteiger partial charge in [-0.2, -0.15) is 0 Å². The van der Waals surface area contributed by atoms with Gasteiger partial charge in [0.2, 0.25) is 0 Å². The summed E-state index contributed by atoms with van der Waals surface area (Å²) in [6.07, 6.45) is 2.20. The Morgan fingerprint density at radius 1 is 1.04 bits per heavy atom. The van der Waals surface area contributed by atoms with E-state index in [-0.39, 0.29) is 0 Å². The van der Waals surface area contributed by atoms with Crippen LogP contribution in [-0.2, 0) is 0 Å². The maximum absolute atomic E-state index is 5.90. The lowest BCUT2D eigenvalue weighted by Gasteiger charge is -2.36. The maximum atomic E-state index is 5.90. The van der Waals surface area contributed by atoms with E-state index in [0.29, 0.717) is 11.0 Å². The number of hydrogen-bond donors (Lipinski definition) is 1. The molecule has 0 aliphatic carbocycles. The Hall–Kier alpha value is -2.25. The maximum Gasteiger partial charge on any atom is 0.256 e. The molecule has 0 radical (unpaired) electrons. The lowest BCUT2D eigenvalue weighted by atomic mass is 10.2. The van der Waals surface area contributed by atoms with E-state index in [9.17, 15) is 0 Å². The summed E-state index contributed by atoms with van der Waals surface area (Å²) in [7, 11) is 3.31. The van der Waals surface area contributed by atoms with Gasteiger partial charge >= 0.3 is 0 Å². The number of benzene rings is 1. The van der Waals surface area contributed by atoms with Crippen LogP contribution in [-0.4, -0.2) is 68.6 Å². The van der Waals surface area contributed by atoms with Crippen LogP contribution in [0.5, 0.6) is 11.6 Å². The molecule has 1 aliphatic rings. The third-order valence-electron chi connectivity index (χ3n) is 4.94. The van der Waals surface area contributed by atoms with E-state index in [4.69, 9.17) is 21.1 Å². The number of hydrogen-bond acceptors (Lipinski definition) is 7. The second-order valence-corrected chi connectivity index (χ2v) is 7.11. The van der Waals surface area contributed by atoms with Gasteiger partial charge in [-0.3, -0.25) is 4.90 Å². The molecule has 3 rings (SSSR count). The number of ether oxygens (including phenoxy) is 2. The zero-order valence-corrected chi connectivity index (χ0v) is 17.3. The fourth-order valence-corrected chi connectivity index (χ4v) is 3.57. The van der Waals surface area contributed by atoms with E-state index in [2.05, 4.69) is 37.4 Å². The van der Waals surface area contributed by atoms with Crippen molar-refractivity contribution in [2.45, 2.75) is 12.8 Å². The number of aromatic nitrogens is 2. The molecule has 1 aromatic carbocycles. The summed E-state index contributed by atoms with van der Waals surface area (Å²) in [4.78, 5) is 4.93. The van der Waals surface area contributed by atoms with Gasteiger partial charge in [-0.15, -0.1) is 10.2 Å². The predicted octanol–water partition coefficient (Wildman–Crippen LogP) is 3.16. The largest absolute Gasteiger partial charge is 0.495 e. The first-order valence-electron chi connectivity index (χ1n) is 9.62. The third-order valence-corrected chi connectivity index (χ3v) is 5.12. The Bertz CT molecular complexity index is 753. The fraction of sp³-hybridized carbons (Fsp3) is 0.500. The Morgan fingerprint density at radius 2 is 1.82 bits per heavy atom. The molecule has 0 bridgehead atoms. The number of anilines is 2. The summed E-state index contributed by atoms with van der Waals surface area (Å²) >= 11 is 5.90. The van der Waals surface area contributed by atoms with Gasteiger partial charge in [-0.05, 0) is 31.5 Å². The molecule has 8 heteroatoms. The van der Waals surface area contributed by atoms with E-state index in [1.807, 2.05) is 12.1 Å². The topological polar surface area (TPSA) is 62.8 Å². The third kappa shape index (κ3) is 5.39. The van der Waals surface area contributed by atoms with E-state index >= 15 is 0 Å². The molecule has 0 atom stereocenters. The molecule has 0 unspecified atom stereocenters. The number of piperazine rings is 1. The second kappa shape index (κ2) is 10.3. The zero-order chi connectivity index (χ0) is 19.8. The lowest BCUT2D eigenvalue weighted by Crippen LogP contribution is -2.46. The van der Waals surface area contributed by atoms with Crippen LogP contribution in [0, 0.1) is 0 Å². The highest BCUT2D eigenvalue weighted by atomic mass is 35.5. The number of para-hydroxylation sites is 2. The highest BCUT2D eigenvalue weighted by molar-refractivity contribution is 6.29. The Kier molecular flexibility index (Phi) is 7.56. The van der Waals surface area contributed by atoms with Crippen molar-refractivity contribution >= 4 is 23.0 Å². The average Bonchev–Trinajstić information content (AvgIpc) is 2.74. The van der Waals surface area contributed by atoms with Gasteiger partial charge in [0.05, 0.1) is 19.9 Å².